The van der Waals surface area contributed by atoms with Gasteiger partial charge in [0.2, 0.25) is 41.1 Å². The summed E-state index contributed by atoms with van der Waals surface area (Å²) in [5.41, 5.74) is 1.04. The Kier molecular flexibility index (Phi) is 4.21. The molecule has 0 radical (unpaired) electrons. The number of epoxide rings is 1. The Balaban J connectivity index is 1.64. The van der Waals surface area contributed by atoms with Gasteiger partial charge in [-0.15, -0.1) is 0 Å². The molecule has 0 bridgehead atoms. The van der Waals surface area contributed by atoms with E-state index >= 15 is 0 Å². The zero-order valence-electron chi connectivity index (χ0n) is 11.7. The van der Waals surface area contributed by atoms with Gasteiger partial charge in [0.15, 0.2) is 0 Å². The summed E-state index contributed by atoms with van der Waals surface area (Å²) >= 11 is 0. The molecule has 2 aromatic carbocycles. The molecule has 0 saturated carbocycles. The van der Waals surface area contributed by atoms with Gasteiger partial charge in [0, 0.05) is 0 Å². The van der Waals surface area contributed by atoms with E-state index in [0.717, 1.165) is 5.56 Å². The summed E-state index contributed by atoms with van der Waals surface area (Å²) in [5, 5.41) is 0. The van der Waals surface area contributed by atoms with Crippen LogP contribution in [0, 0.1) is 29.1 Å². The van der Waals surface area contributed by atoms with Crippen molar-refractivity contribution in [3.05, 3.63) is 65.0 Å². The van der Waals surface area contributed by atoms with Crippen molar-refractivity contribution < 1.29 is 31.4 Å². The predicted molar refractivity (Wildman–Crippen MR) is 70.3 cm³/mol. The third-order valence-corrected chi connectivity index (χ3v) is 3.50. The van der Waals surface area contributed by atoms with Crippen LogP contribution in [0.15, 0.2) is 30.3 Å². The van der Waals surface area contributed by atoms with Gasteiger partial charge in [-0.3, -0.25) is 0 Å². The molecule has 2 unspecified atom stereocenters. The molecule has 0 aliphatic carbocycles. The van der Waals surface area contributed by atoms with E-state index in [0.29, 0.717) is 12.8 Å². The lowest BCUT2D eigenvalue weighted by Gasteiger charge is -2.08. The van der Waals surface area contributed by atoms with Crippen molar-refractivity contribution in [1.29, 1.82) is 0 Å². The summed E-state index contributed by atoms with van der Waals surface area (Å²) in [4.78, 5) is 0. The monoisotopic (exact) mass is 330 g/mol. The molecule has 122 valence electrons. The van der Waals surface area contributed by atoms with Crippen LogP contribution in [0.1, 0.15) is 12.0 Å². The second-order valence-electron chi connectivity index (χ2n) is 5.08. The summed E-state index contributed by atoms with van der Waals surface area (Å²) in [6, 6.07) is 9.41. The highest BCUT2D eigenvalue weighted by molar-refractivity contribution is 5.30. The maximum absolute atomic E-state index is 13.5. The van der Waals surface area contributed by atoms with Crippen molar-refractivity contribution in [2.75, 3.05) is 0 Å². The molecule has 0 spiro atoms. The fraction of sp³-hybridized carbons (Fsp3) is 0.250. The third kappa shape index (κ3) is 3.14. The van der Waals surface area contributed by atoms with Crippen LogP contribution < -0.4 is 4.74 Å². The van der Waals surface area contributed by atoms with Crippen LogP contribution in [0.2, 0.25) is 0 Å². The Bertz CT molecular complexity index is 691. The Morgan fingerprint density at radius 1 is 0.826 bits per heavy atom. The zero-order chi connectivity index (χ0) is 16.6. The van der Waals surface area contributed by atoms with Crippen LogP contribution >= 0.6 is 0 Å². The second kappa shape index (κ2) is 6.16. The van der Waals surface area contributed by atoms with Crippen LogP contribution in [0.25, 0.3) is 0 Å². The molecule has 1 aliphatic heterocycles. The molecule has 1 heterocycles. The molecule has 1 fully saturated rings. The van der Waals surface area contributed by atoms with Crippen molar-refractivity contribution in [3.63, 3.8) is 0 Å². The minimum absolute atomic E-state index is 0.454. The molecule has 7 heteroatoms. The molecular formula is C16H11F5O2. The van der Waals surface area contributed by atoms with E-state index in [4.69, 9.17) is 9.47 Å². The normalized spacial score (nSPS) is 19.7. The summed E-state index contributed by atoms with van der Waals surface area (Å²) in [6.07, 6.45) is -0.329. The quantitative estimate of drug-likeness (QED) is 0.356. The molecule has 2 aromatic rings. The molecule has 23 heavy (non-hydrogen) atoms. The average Bonchev–Trinajstić information content (AvgIpc) is 3.32. The summed E-state index contributed by atoms with van der Waals surface area (Å²) in [7, 11) is 0. The Morgan fingerprint density at radius 2 is 1.39 bits per heavy atom. The van der Waals surface area contributed by atoms with Crippen molar-refractivity contribution >= 4 is 0 Å². The van der Waals surface area contributed by atoms with E-state index in [1.165, 1.54) is 0 Å². The highest BCUT2D eigenvalue weighted by Gasteiger charge is 2.43. The summed E-state index contributed by atoms with van der Waals surface area (Å²) in [5.74, 6) is -11.6. The fourth-order valence-electron chi connectivity index (χ4n) is 2.19. The molecule has 0 aromatic heterocycles. The average molecular weight is 330 g/mol. The van der Waals surface area contributed by atoms with Crippen molar-refractivity contribution in [2.24, 2.45) is 0 Å². The van der Waals surface area contributed by atoms with Crippen molar-refractivity contribution in [1.82, 2.24) is 0 Å². The molecule has 2 nitrogen and oxygen atoms in total. The summed E-state index contributed by atoms with van der Waals surface area (Å²) < 4.78 is 75.8. The minimum atomic E-state index is -2.22. The standard InChI is InChI=1S/C16H11F5O2/c17-10-11(18)13(20)15(14(21)12(10)19)23-16-9(22-16)7-6-8-4-2-1-3-5-8/h1-5,9,16H,6-7H2. The van der Waals surface area contributed by atoms with Crippen molar-refractivity contribution in [2.45, 2.75) is 25.2 Å². The Hall–Kier alpha value is -2.15. The van der Waals surface area contributed by atoms with Gasteiger partial charge in [0.05, 0.1) is 0 Å². The first-order valence-electron chi connectivity index (χ1n) is 6.86. The van der Waals surface area contributed by atoms with Gasteiger partial charge in [-0.2, -0.15) is 8.78 Å². The van der Waals surface area contributed by atoms with Gasteiger partial charge in [0.25, 0.3) is 0 Å². The molecular weight excluding hydrogens is 319 g/mol. The van der Waals surface area contributed by atoms with E-state index in [1.807, 2.05) is 30.3 Å². The summed E-state index contributed by atoms with van der Waals surface area (Å²) in [6.45, 7) is 0. The first-order chi connectivity index (χ1) is 11.0. The highest BCUT2D eigenvalue weighted by Crippen LogP contribution is 2.35. The topological polar surface area (TPSA) is 21.8 Å². The zero-order valence-corrected chi connectivity index (χ0v) is 11.7. The van der Waals surface area contributed by atoms with Crippen LogP contribution in [-0.4, -0.2) is 12.4 Å². The Labute approximate surface area is 128 Å². The largest absolute Gasteiger partial charge is 0.456 e. The number of benzene rings is 2. The maximum Gasteiger partial charge on any atom is 0.227 e. The number of hydrogen-bond acceptors (Lipinski definition) is 2. The number of aryl methyl sites for hydroxylation is 1. The van der Waals surface area contributed by atoms with Crippen molar-refractivity contribution in [3.8, 4) is 5.75 Å². The first kappa shape index (κ1) is 15.7. The van der Waals surface area contributed by atoms with Crippen LogP contribution in [0.5, 0.6) is 5.75 Å². The fourth-order valence-corrected chi connectivity index (χ4v) is 2.19. The third-order valence-electron chi connectivity index (χ3n) is 3.50. The van der Waals surface area contributed by atoms with Gasteiger partial charge in [-0.1, -0.05) is 30.3 Å². The van der Waals surface area contributed by atoms with Gasteiger partial charge in [-0.25, -0.2) is 13.2 Å². The van der Waals surface area contributed by atoms with E-state index in [1.54, 1.807) is 0 Å². The number of rotatable bonds is 5. The number of halogens is 5. The molecule has 0 N–H and O–H groups in total. The smallest absolute Gasteiger partial charge is 0.227 e. The molecule has 0 amide bonds. The van der Waals surface area contributed by atoms with E-state index in [-0.39, 0.29) is 0 Å². The first-order valence-corrected chi connectivity index (χ1v) is 6.86. The lowest BCUT2D eigenvalue weighted by Crippen LogP contribution is -2.11. The molecule has 3 rings (SSSR count). The molecule has 1 aliphatic rings. The van der Waals surface area contributed by atoms with E-state index in [2.05, 4.69) is 0 Å². The molecule has 1 saturated heterocycles. The highest BCUT2D eigenvalue weighted by atomic mass is 19.2. The lowest BCUT2D eigenvalue weighted by molar-refractivity contribution is 0.159. The lowest BCUT2D eigenvalue weighted by atomic mass is 10.1. The van der Waals surface area contributed by atoms with Gasteiger partial charge >= 0.3 is 0 Å². The maximum atomic E-state index is 13.5. The number of ether oxygens (including phenoxy) is 2. The SMILES string of the molecule is Fc1c(F)c(F)c(OC2OC2CCc2ccccc2)c(F)c1F. The minimum Gasteiger partial charge on any atom is -0.456 e. The Morgan fingerprint density at radius 3 is 2.00 bits per heavy atom. The van der Waals surface area contributed by atoms with E-state index in [9.17, 15) is 22.0 Å². The van der Waals surface area contributed by atoms with Crippen LogP contribution in [0.3, 0.4) is 0 Å². The number of hydrogen-bond donors (Lipinski definition) is 0. The van der Waals surface area contributed by atoms with Crippen LogP contribution in [0.4, 0.5) is 22.0 Å². The van der Waals surface area contributed by atoms with Gasteiger partial charge < -0.3 is 9.47 Å². The van der Waals surface area contributed by atoms with Gasteiger partial charge in [0.1, 0.15) is 6.10 Å². The van der Waals surface area contributed by atoms with Gasteiger partial charge in [-0.05, 0) is 18.4 Å². The van der Waals surface area contributed by atoms with E-state index < -0.39 is 47.2 Å². The second-order valence-corrected chi connectivity index (χ2v) is 5.08. The van der Waals surface area contributed by atoms with Crippen LogP contribution in [-0.2, 0) is 11.2 Å². The predicted octanol–water partition coefficient (Wildman–Crippen LogP) is 4.12. The molecule has 2 atom stereocenters.